The fourth-order valence-corrected chi connectivity index (χ4v) is 1.11. The van der Waals surface area contributed by atoms with Gasteiger partial charge in [-0.25, -0.2) is 9.59 Å². The van der Waals surface area contributed by atoms with Crippen LogP contribution in [-0.2, 0) is 19.1 Å². The highest BCUT2D eigenvalue weighted by Crippen LogP contribution is 2.06. The molecular formula is C12H22N2O6. The van der Waals surface area contributed by atoms with E-state index >= 15 is 0 Å². The van der Waals surface area contributed by atoms with Crippen molar-refractivity contribution in [3.63, 3.8) is 0 Å². The molecule has 0 heterocycles. The van der Waals surface area contributed by atoms with Gasteiger partial charge >= 0.3 is 12.1 Å². The number of rotatable bonds is 6. The van der Waals surface area contributed by atoms with Gasteiger partial charge in [0.15, 0.2) is 6.10 Å². The number of methoxy groups -OCH3 is 1. The Morgan fingerprint density at radius 3 is 2.30 bits per heavy atom. The van der Waals surface area contributed by atoms with E-state index in [9.17, 15) is 19.5 Å². The molecule has 0 aliphatic rings. The van der Waals surface area contributed by atoms with Crippen LogP contribution in [0.4, 0.5) is 4.79 Å². The minimum Gasteiger partial charge on any atom is -0.467 e. The summed E-state index contributed by atoms with van der Waals surface area (Å²) in [4.78, 5) is 33.5. The molecule has 20 heavy (non-hydrogen) atoms. The predicted octanol–water partition coefficient (Wildman–Crippen LogP) is -0.449. The molecule has 0 aliphatic carbocycles. The smallest absolute Gasteiger partial charge is 0.407 e. The van der Waals surface area contributed by atoms with Gasteiger partial charge in [0.05, 0.1) is 13.7 Å². The summed E-state index contributed by atoms with van der Waals surface area (Å²) in [5.41, 5.74) is -0.600. The third-order valence-electron chi connectivity index (χ3n) is 1.99. The topological polar surface area (TPSA) is 114 Å². The number of hydrogen-bond acceptors (Lipinski definition) is 6. The highest BCUT2D eigenvalue weighted by molar-refractivity contribution is 5.79. The maximum atomic E-state index is 11.4. The molecule has 0 saturated carbocycles. The van der Waals surface area contributed by atoms with Crippen molar-refractivity contribution >= 4 is 18.0 Å². The second kappa shape index (κ2) is 8.36. The third kappa shape index (κ3) is 9.15. The van der Waals surface area contributed by atoms with Crippen LogP contribution >= 0.6 is 0 Å². The van der Waals surface area contributed by atoms with Crippen LogP contribution in [0.25, 0.3) is 0 Å². The number of nitrogens with one attached hydrogen (secondary N) is 2. The molecule has 0 radical (unpaired) electrons. The Morgan fingerprint density at radius 1 is 1.20 bits per heavy atom. The number of hydrogen-bond donors (Lipinski definition) is 3. The summed E-state index contributed by atoms with van der Waals surface area (Å²) in [5.74, 6) is -1.24. The lowest BCUT2D eigenvalue weighted by molar-refractivity contribution is -0.150. The zero-order valence-corrected chi connectivity index (χ0v) is 12.2. The summed E-state index contributed by atoms with van der Waals surface area (Å²) in [5, 5.41) is 14.0. The summed E-state index contributed by atoms with van der Waals surface area (Å²) in [6, 6.07) is 0. The van der Waals surface area contributed by atoms with Gasteiger partial charge in [0.2, 0.25) is 5.91 Å². The maximum absolute atomic E-state index is 11.4. The normalized spacial score (nSPS) is 12.2. The van der Waals surface area contributed by atoms with Crippen LogP contribution in [0.3, 0.4) is 0 Å². The van der Waals surface area contributed by atoms with Gasteiger partial charge in [0, 0.05) is 13.0 Å². The van der Waals surface area contributed by atoms with Crippen LogP contribution in [-0.4, -0.2) is 55.0 Å². The van der Waals surface area contributed by atoms with Gasteiger partial charge in [0.1, 0.15) is 5.60 Å². The average Bonchev–Trinajstić information content (AvgIpc) is 2.32. The Labute approximate surface area is 117 Å². The number of esters is 1. The van der Waals surface area contributed by atoms with E-state index < -0.39 is 29.7 Å². The number of carbonyl (C=O) groups is 3. The molecule has 8 nitrogen and oxygen atoms in total. The molecule has 0 fully saturated rings. The van der Waals surface area contributed by atoms with Crippen LogP contribution in [0, 0.1) is 0 Å². The molecule has 0 rings (SSSR count). The standard InChI is InChI=1S/C12H22N2O6/c1-12(2,3)20-11(18)13-6-5-9(16)14-7-8(15)10(17)19-4/h8,15H,5-7H2,1-4H3,(H,13,18)(H,14,16). The Kier molecular flexibility index (Phi) is 7.60. The zero-order valence-electron chi connectivity index (χ0n) is 12.2. The highest BCUT2D eigenvalue weighted by Gasteiger charge is 2.17. The van der Waals surface area contributed by atoms with E-state index in [0.29, 0.717) is 0 Å². The molecule has 0 bridgehead atoms. The minimum atomic E-state index is -1.40. The van der Waals surface area contributed by atoms with Gasteiger partial charge in [-0.3, -0.25) is 4.79 Å². The number of carbonyl (C=O) groups excluding carboxylic acids is 3. The molecule has 3 N–H and O–H groups in total. The van der Waals surface area contributed by atoms with Crippen molar-refractivity contribution in [1.82, 2.24) is 10.6 Å². The predicted molar refractivity (Wildman–Crippen MR) is 69.9 cm³/mol. The molecule has 116 valence electrons. The minimum absolute atomic E-state index is 0.00708. The molecule has 0 aliphatic heterocycles. The molecule has 0 spiro atoms. The van der Waals surface area contributed by atoms with Crippen molar-refractivity contribution in [2.24, 2.45) is 0 Å². The van der Waals surface area contributed by atoms with Gasteiger partial charge in [-0.2, -0.15) is 0 Å². The van der Waals surface area contributed by atoms with Crippen molar-refractivity contribution < 1.29 is 29.0 Å². The van der Waals surface area contributed by atoms with Crippen molar-refractivity contribution in [1.29, 1.82) is 0 Å². The number of amides is 2. The maximum Gasteiger partial charge on any atom is 0.407 e. The van der Waals surface area contributed by atoms with Crippen molar-refractivity contribution in [2.75, 3.05) is 20.2 Å². The molecule has 2 amide bonds. The first-order chi connectivity index (χ1) is 9.15. The molecule has 8 heteroatoms. The van der Waals surface area contributed by atoms with Crippen molar-refractivity contribution in [3.8, 4) is 0 Å². The lowest BCUT2D eigenvalue weighted by Crippen LogP contribution is -2.39. The quantitative estimate of drug-likeness (QED) is 0.571. The second-order valence-electron chi connectivity index (χ2n) is 5.02. The second-order valence-corrected chi connectivity index (χ2v) is 5.02. The van der Waals surface area contributed by atoms with E-state index in [1.165, 1.54) is 0 Å². The summed E-state index contributed by atoms with van der Waals surface area (Å²) in [6.07, 6.45) is -2.00. The van der Waals surface area contributed by atoms with E-state index in [1.54, 1.807) is 20.8 Å². The first kappa shape index (κ1) is 18.2. The molecule has 0 saturated heterocycles. The summed E-state index contributed by atoms with van der Waals surface area (Å²) in [7, 11) is 1.14. The van der Waals surface area contributed by atoms with Crippen molar-refractivity contribution in [2.45, 2.75) is 38.9 Å². The van der Waals surface area contributed by atoms with Gasteiger partial charge < -0.3 is 25.2 Å². The fraction of sp³-hybridized carbons (Fsp3) is 0.750. The Morgan fingerprint density at radius 2 is 1.80 bits per heavy atom. The van der Waals surface area contributed by atoms with Gasteiger partial charge in [0.25, 0.3) is 0 Å². The molecular weight excluding hydrogens is 268 g/mol. The van der Waals surface area contributed by atoms with Gasteiger partial charge in [-0.1, -0.05) is 0 Å². The largest absolute Gasteiger partial charge is 0.467 e. The van der Waals surface area contributed by atoms with Crippen LogP contribution < -0.4 is 10.6 Å². The first-order valence-corrected chi connectivity index (χ1v) is 6.15. The van der Waals surface area contributed by atoms with Crippen LogP contribution in [0.1, 0.15) is 27.2 Å². The molecule has 1 atom stereocenters. The molecule has 0 aromatic carbocycles. The number of ether oxygens (including phenoxy) is 2. The van der Waals surface area contributed by atoms with Crippen LogP contribution in [0.5, 0.6) is 0 Å². The average molecular weight is 290 g/mol. The van der Waals surface area contributed by atoms with E-state index in [2.05, 4.69) is 15.4 Å². The number of aliphatic hydroxyl groups is 1. The molecule has 0 aromatic rings. The molecule has 1 unspecified atom stereocenters. The van der Waals surface area contributed by atoms with Gasteiger partial charge in [-0.15, -0.1) is 0 Å². The summed E-state index contributed by atoms with van der Waals surface area (Å²) < 4.78 is 9.27. The Hall–Kier alpha value is -1.83. The Bertz CT molecular complexity index is 350. The SMILES string of the molecule is COC(=O)C(O)CNC(=O)CCNC(=O)OC(C)(C)C. The lowest BCUT2D eigenvalue weighted by Gasteiger charge is -2.19. The number of aliphatic hydroxyl groups excluding tert-OH is 1. The summed E-state index contributed by atoms with van der Waals surface area (Å²) >= 11 is 0. The van der Waals surface area contributed by atoms with Gasteiger partial charge in [-0.05, 0) is 20.8 Å². The van der Waals surface area contributed by atoms with E-state index in [4.69, 9.17) is 4.74 Å². The fourth-order valence-electron chi connectivity index (χ4n) is 1.11. The van der Waals surface area contributed by atoms with Crippen molar-refractivity contribution in [3.05, 3.63) is 0 Å². The lowest BCUT2D eigenvalue weighted by atomic mass is 10.2. The highest BCUT2D eigenvalue weighted by atomic mass is 16.6. The monoisotopic (exact) mass is 290 g/mol. The Balaban J connectivity index is 3.79. The number of alkyl carbamates (subject to hydrolysis) is 1. The van der Waals surface area contributed by atoms with E-state index in [-0.39, 0.29) is 19.5 Å². The van der Waals surface area contributed by atoms with Crippen LogP contribution in [0.2, 0.25) is 0 Å². The molecule has 0 aromatic heterocycles. The van der Waals surface area contributed by atoms with Crippen LogP contribution in [0.15, 0.2) is 0 Å². The third-order valence-corrected chi connectivity index (χ3v) is 1.99. The zero-order chi connectivity index (χ0) is 15.8. The van der Waals surface area contributed by atoms with E-state index in [1.807, 2.05) is 0 Å². The van der Waals surface area contributed by atoms with E-state index in [0.717, 1.165) is 7.11 Å². The summed E-state index contributed by atoms with van der Waals surface area (Å²) in [6.45, 7) is 5.04. The first-order valence-electron chi connectivity index (χ1n) is 6.15.